The second-order valence-corrected chi connectivity index (χ2v) is 6.80. The molecule has 1 aromatic rings. The Balaban J connectivity index is 2.11. The molecule has 1 aliphatic rings. The Morgan fingerprint density at radius 3 is 2.47 bits per heavy atom. The van der Waals surface area contributed by atoms with Gasteiger partial charge in [-0.05, 0) is 39.2 Å². The summed E-state index contributed by atoms with van der Waals surface area (Å²) in [7, 11) is 2.08. The number of aromatic nitrogens is 1. The van der Waals surface area contributed by atoms with Crippen molar-refractivity contribution in [2.75, 3.05) is 13.6 Å². The van der Waals surface area contributed by atoms with Crippen molar-refractivity contribution >= 4 is 11.3 Å². The highest BCUT2D eigenvalue weighted by Gasteiger charge is 2.32. The number of hydrogen-bond acceptors (Lipinski definition) is 3. The van der Waals surface area contributed by atoms with E-state index in [2.05, 4.69) is 26.2 Å². The zero-order valence-corrected chi connectivity index (χ0v) is 12.1. The van der Waals surface area contributed by atoms with Gasteiger partial charge >= 0.3 is 0 Å². The number of hydrogen-bond donors (Lipinski definition) is 1. The topological polar surface area (TPSA) is 24.9 Å². The van der Waals surface area contributed by atoms with Crippen LogP contribution >= 0.6 is 11.3 Å². The molecule has 2 rings (SSSR count). The largest absolute Gasteiger partial charge is 0.319 e. The number of aryl methyl sites for hydroxylation is 2. The van der Waals surface area contributed by atoms with Crippen molar-refractivity contribution in [2.45, 2.75) is 52.4 Å². The van der Waals surface area contributed by atoms with Gasteiger partial charge in [-0.2, -0.15) is 0 Å². The van der Waals surface area contributed by atoms with Crippen LogP contribution in [-0.2, 0) is 6.42 Å². The summed E-state index contributed by atoms with van der Waals surface area (Å²) in [6.45, 7) is 5.45. The normalized spacial score (nSPS) is 19.5. The Kier molecular flexibility index (Phi) is 4.21. The average Bonchev–Trinajstić information content (AvgIpc) is 2.59. The summed E-state index contributed by atoms with van der Waals surface area (Å²) >= 11 is 1.89. The van der Waals surface area contributed by atoms with Gasteiger partial charge in [0, 0.05) is 17.8 Å². The van der Waals surface area contributed by atoms with Gasteiger partial charge in [0.15, 0.2) is 0 Å². The van der Waals surface area contributed by atoms with Crippen LogP contribution in [0.15, 0.2) is 0 Å². The van der Waals surface area contributed by atoms with E-state index in [-0.39, 0.29) is 0 Å². The number of nitrogens with one attached hydrogen (secondary N) is 1. The first-order valence-corrected chi connectivity index (χ1v) is 7.54. The van der Waals surface area contributed by atoms with Gasteiger partial charge in [-0.15, -0.1) is 11.3 Å². The van der Waals surface area contributed by atoms with E-state index in [0.717, 1.165) is 6.54 Å². The highest BCUT2D eigenvalue weighted by molar-refractivity contribution is 7.11. The van der Waals surface area contributed by atoms with Gasteiger partial charge < -0.3 is 5.32 Å². The highest BCUT2D eigenvalue weighted by atomic mass is 32.1. The molecule has 96 valence electrons. The molecule has 0 unspecified atom stereocenters. The highest BCUT2D eigenvalue weighted by Crippen LogP contribution is 2.39. The monoisotopic (exact) mass is 252 g/mol. The summed E-state index contributed by atoms with van der Waals surface area (Å²) in [5.41, 5.74) is 1.70. The molecule has 0 aromatic carbocycles. The molecule has 3 heteroatoms. The summed E-state index contributed by atoms with van der Waals surface area (Å²) in [5.74, 6) is 0. The molecule has 1 N–H and O–H groups in total. The minimum absolute atomic E-state index is 0.476. The van der Waals surface area contributed by atoms with Crippen LogP contribution in [0.4, 0.5) is 0 Å². The van der Waals surface area contributed by atoms with Gasteiger partial charge in [-0.3, -0.25) is 0 Å². The van der Waals surface area contributed by atoms with Crippen LogP contribution in [0.3, 0.4) is 0 Å². The van der Waals surface area contributed by atoms with Crippen LogP contribution in [0.1, 0.15) is 47.7 Å². The molecular formula is C14H24N2S. The molecule has 2 nitrogen and oxygen atoms in total. The van der Waals surface area contributed by atoms with Gasteiger partial charge in [0.05, 0.1) is 10.7 Å². The van der Waals surface area contributed by atoms with Crippen LogP contribution in [0, 0.1) is 19.3 Å². The third-order valence-electron chi connectivity index (χ3n) is 4.07. The SMILES string of the molecule is CNCC1(Cc2nc(C)c(C)s2)CCCCC1. The zero-order valence-electron chi connectivity index (χ0n) is 11.3. The van der Waals surface area contributed by atoms with Crippen molar-refractivity contribution in [3.8, 4) is 0 Å². The standard InChI is InChI=1S/C14H24N2S/c1-11-12(2)17-13(16-11)9-14(10-15-3)7-5-4-6-8-14/h15H,4-10H2,1-3H3. The summed E-state index contributed by atoms with van der Waals surface area (Å²) in [6.07, 6.45) is 8.11. The summed E-state index contributed by atoms with van der Waals surface area (Å²) in [6, 6.07) is 0. The third-order valence-corrected chi connectivity index (χ3v) is 5.14. The van der Waals surface area contributed by atoms with Gasteiger partial charge in [-0.1, -0.05) is 19.3 Å². The van der Waals surface area contributed by atoms with Crippen LogP contribution in [-0.4, -0.2) is 18.6 Å². The van der Waals surface area contributed by atoms with Crippen molar-refractivity contribution in [1.82, 2.24) is 10.3 Å². The lowest BCUT2D eigenvalue weighted by atomic mass is 9.72. The van der Waals surface area contributed by atoms with E-state index >= 15 is 0 Å². The minimum Gasteiger partial charge on any atom is -0.319 e. The van der Waals surface area contributed by atoms with Crippen molar-refractivity contribution in [3.05, 3.63) is 15.6 Å². The maximum absolute atomic E-state index is 4.72. The van der Waals surface area contributed by atoms with Crippen LogP contribution in [0.25, 0.3) is 0 Å². The van der Waals surface area contributed by atoms with Crippen molar-refractivity contribution in [2.24, 2.45) is 5.41 Å². The molecule has 1 fully saturated rings. The van der Waals surface area contributed by atoms with Gasteiger partial charge in [-0.25, -0.2) is 4.98 Å². The number of nitrogens with zero attached hydrogens (tertiary/aromatic N) is 1. The van der Waals surface area contributed by atoms with E-state index in [4.69, 9.17) is 4.98 Å². The Morgan fingerprint density at radius 2 is 1.94 bits per heavy atom. The van der Waals surface area contributed by atoms with E-state index in [1.807, 2.05) is 11.3 Å². The molecule has 1 heterocycles. The molecule has 0 radical (unpaired) electrons. The Hall–Kier alpha value is -0.410. The van der Waals surface area contributed by atoms with E-state index in [0.29, 0.717) is 5.41 Å². The minimum atomic E-state index is 0.476. The lowest BCUT2D eigenvalue weighted by Gasteiger charge is -2.36. The van der Waals surface area contributed by atoms with E-state index in [9.17, 15) is 0 Å². The van der Waals surface area contributed by atoms with Gasteiger partial charge in [0.2, 0.25) is 0 Å². The van der Waals surface area contributed by atoms with Gasteiger partial charge in [0.25, 0.3) is 0 Å². The molecule has 0 amide bonds. The van der Waals surface area contributed by atoms with Crippen molar-refractivity contribution in [1.29, 1.82) is 0 Å². The first-order valence-electron chi connectivity index (χ1n) is 6.73. The smallest absolute Gasteiger partial charge is 0.0936 e. The molecule has 0 bridgehead atoms. The predicted molar refractivity (Wildman–Crippen MR) is 74.7 cm³/mol. The summed E-state index contributed by atoms with van der Waals surface area (Å²) < 4.78 is 0. The van der Waals surface area contributed by atoms with E-state index in [1.165, 1.54) is 54.1 Å². The van der Waals surface area contributed by atoms with Gasteiger partial charge in [0.1, 0.15) is 0 Å². The lowest BCUT2D eigenvalue weighted by Crippen LogP contribution is -2.36. The molecule has 0 spiro atoms. The van der Waals surface area contributed by atoms with Crippen molar-refractivity contribution in [3.63, 3.8) is 0 Å². The summed E-state index contributed by atoms with van der Waals surface area (Å²) in [5, 5.41) is 4.74. The Morgan fingerprint density at radius 1 is 1.24 bits per heavy atom. The molecule has 0 atom stereocenters. The van der Waals surface area contributed by atoms with Crippen molar-refractivity contribution < 1.29 is 0 Å². The first kappa shape index (κ1) is 13.0. The fraction of sp³-hybridized carbons (Fsp3) is 0.786. The second kappa shape index (κ2) is 5.49. The lowest BCUT2D eigenvalue weighted by molar-refractivity contribution is 0.185. The summed E-state index contributed by atoms with van der Waals surface area (Å²) in [4.78, 5) is 6.11. The van der Waals surface area contributed by atoms with E-state index in [1.54, 1.807) is 0 Å². The average molecular weight is 252 g/mol. The maximum Gasteiger partial charge on any atom is 0.0936 e. The molecule has 17 heavy (non-hydrogen) atoms. The maximum atomic E-state index is 4.72. The fourth-order valence-electron chi connectivity index (χ4n) is 3.03. The molecule has 1 saturated carbocycles. The fourth-order valence-corrected chi connectivity index (χ4v) is 4.14. The zero-order chi connectivity index (χ0) is 12.3. The molecule has 1 aliphatic carbocycles. The van der Waals surface area contributed by atoms with Crippen LogP contribution in [0.5, 0.6) is 0 Å². The number of rotatable bonds is 4. The molecule has 0 saturated heterocycles. The third kappa shape index (κ3) is 3.08. The second-order valence-electron chi connectivity index (χ2n) is 5.52. The predicted octanol–water partition coefficient (Wildman–Crippen LogP) is 3.47. The molecule has 1 aromatic heterocycles. The van der Waals surface area contributed by atoms with Crippen LogP contribution in [0.2, 0.25) is 0 Å². The molecular weight excluding hydrogens is 228 g/mol. The van der Waals surface area contributed by atoms with Crippen LogP contribution < -0.4 is 5.32 Å². The first-order chi connectivity index (χ1) is 8.15. The number of thiazole rings is 1. The quantitative estimate of drug-likeness (QED) is 0.887. The van der Waals surface area contributed by atoms with E-state index < -0.39 is 0 Å². The Bertz CT molecular complexity index is 339. The Labute approximate surface area is 109 Å². The molecule has 0 aliphatic heterocycles.